The summed E-state index contributed by atoms with van der Waals surface area (Å²) in [7, 11) is 0. The Kier molecular flexibility index (Phi) is 4.09. The van der Waals surface area contributed by atoms with Gasteiger partial charge in [0.15, 0.2) is 0 Å². The summed E-state index contributed by atoms with van der Waals surface area (Å²) in [4.78, 5) is 25.5. The molecule has 18 heavy (non-hydrogen) atoms. The minimum atomic E-state index is -0.159. The molecule has 0 saturated carbocycles. The molecule has 1 aromatic rings. The molecule has 0 atom stereocenters. The number of aryl methyl sites for hydroxylation is 1. The molecule has 6 nitrogen and oxygen atoms in total. The van der Waals surface area contributed by atoms with Crippen molar-refractivity contribution >= 4 is 5.91 Å². The lowest BCUT2D eigenvalue weighted by molar-refractivity contribution is 0.0727. The van der Waals surface area contributed by atoms with E-state index in [2.05, 4.69) is 10.4 Å². The van der Waals surface area contributed by atoms with E-state index in [9.17, 15) is 9.59 Å². The molecule has 2 rings (SSSR count). The molecule has 0 bridgehead atoms. The van der Waals surface area contributed by atoms with Gasteiger partial charge in [-0.05, 0) is 12.5 Å². The van der Waals surface area contributed by atoms with Crippen molar-refractivity contribution in [3.8, 4) is 0 Å². The van der Waals surface area contributed by atoms with Crippen molar-refractivity contribution in [2.45, 2.75) is 19.9 Å². The summed E-state index contributed by atoms with van der Waals surface area (Å²) in [5.74, 6) is -0.0960. The number of rotatable bonds is 3. The van der Waals surface area contributed by atoms with Crippen molar-refractivity contribution in [2.75, 3.05) is 26.2 Å². The molecule has 1 aliphatic heterocycles. The number of carbonyl (C=O) groups is 1. The molecule has 1 N–H and O–H groups in total. The van der Waals surface area contributed by atoms with Gasteiger partial charge in [-0.25, -0.2) is 4.68 Å². The van der Waals surface area contributed by atoms with E-state index in [1.54, 1.807) is 4.90 Å². The van der Waals surface area contributed by atoms with Crippen molar-refractivity contribution in [1.29, 1.82) is 0 Å². The van der Waals surface area contributed by atoms with Crippen LogP contribution in [0.1, 0.15) is 23.8 Å². The first kappa shape index (κ1) is 12.8. The first-order valence-electron chi connectivity index (χ1n) is 6.30. The number of hydrogen-bond acceptors (Lipinski definition) is 4. The van der Waals surface area contributed by atoms with Gasteiger partial charge in [0, 0.05) is 38.8 Å². The predicted molar refractivity (Wildman–Crippen MR) is 67.6 cm³/mol. The van der Waals surface area contributed by atoms with Crippen LogP contribution in [0.3, 0.4) is 0 Å². The molecular weight excluding hydrogens is 232 g/mol. The highest BCUT2D eigenvalue weighted by Gasteiger charge is 2.19. The Bertz CT molecular complexity index is 477. The molecule has 0 radical (unpaired) electrons. The lowest BCUT2D eigenvalue weighted by Gasteiger charge is -2.27. The van der Waals surface area contributed by atoms with Gasteiger partial charge < -0.3 is 10.2 Å². The number of piperazine rings is 1. The van der Waals surface area contributed by atoms with E-state index in [4.69, 9.17) is 0 Å². The molecule has 1 saturated heterocycles. The maximum Gasteiger partial charge on any atom is 0.274 e. The van der Waals surface area contributed by atoms with Crippen LogP contribution in [0.25, 0.3) is 0 Å². The van der Waals surface area contributed by atoms with E-state index >= 15 is 0 Å². The van der Waals surface area contributed by atoms with Crippen molar-refractivity contribution in [3.05, 3.63) is 28.2 Å². The number of hydrogen-bond donors (Lipinski definition) is 1. The fraction of sp³-hybridized carbons (Fsp3) is 0.583. The number of aromatic nitrogens is 2. The molecule has 98 valence electrons. The van der Waals surface area contributed by atoms with E-state index in [-0.39, 0.29) is 11.5 Å². The summed E-state index contributed by atoms with van der Waals surface area (Å²) in [6, 6.07) is 2.93. The van der Waals surface area contributed by atoms with Crippen molar-refractivity contribution in [1.82, 2.24) is 20.0 Å². The second-order valence-corrected chi connectivity index (χ2v) is 4.32. The molecule has 2 heterocycles. The Labute approximate surface area is 106 Å². The van der Waals surface area contributed by atoms with Gasteiger partial charge in [0.25, 0.3) is 11.5 Å². The lowest BCUT2D eigenvalue weighted by atomic mass is 10.3. The van der Waals surface area contributed by atoms with Gasteiger partial charge in [0.1, 0.15) is 5.69 Å². The second-order valence-electron chi connectivity index (χ2n) is 4.32. The van der Waals surface area contributed by atoms with Gasteiger partial charge in [-0.2, -0.15) is 5.10 Å². The Morgan fingerprint density at radius 2 is 2.11 bits per heavy atom. The maximum absolute atomic E-state index is 12.2. The number of nitrogens with zero attached hydrogens (tertiary/aromatic N) is 3. The van der Waals surface area contributed by atoms with Crippen LogP contribution in [0.2, 0.25) is 0 Å². The van der Waals surface area contributed by atoms with Crippen molar-refractivity contribution < 1.29 is 4.79 Å². The molecule has 6 heteroatoms. The number of carbonyl (C=O) groups excluding carboxylic acids is 1. The Hall–Kier alpha value is -1.69. The van der Waals surface area contributed by atoms with Crippen LogP contribution < -0.4 is 10.9 Å². The average Bonchev–Trinajstić information content (AvgIpc) is 2.42. The Balaban J connectivity index is 2.19. The molecule has 1 aliphatic rings. The average molecular weight is 250 g/mol. The number of nitrogens with one attached hydrogen (secondary N) is 1. The molecule has 0 aliphatic carbocycles. The normalized spacial score (nSPS) is 15.7. The summed E-state index contributed by atoms with van der Waals surface area (Å²) < 4.78 is 1.36. The first-order valence-corrected chi connectivity index (χ1v) is 6.30. The van der Waals surface area contributed by atoms with E-state index < -0.39 is 0 Å². The van der Waals surface area contributed by atoms with Crippen LogP contribution in [0, 0.1) is 0 Å². The van der Waals surface area contributed by atoms with Crippen molar-refractivity contribution in [3.63, 3.8) is 0 Å². The molecule has 1 amide bonds. The standard InChI is InChI=1S/C12H18N4O2/c1-2-7-16-11(17)4-3-10(14-16)12(18)15-8-5-13-6-9-15/h3-4,13H,2,5-9H2,1H3. The lowest BCUT2D eigenvalue weighted by Crippen LogP contribution is -2.47. The summed E-state index contributed by atoms with van der Waals surface area (Å²) in [5.41, 5.74) is 0.193. The molecule has 0 aromatic carbocycles. The maximum atomic E-state index is 12.2. The van der Waals surface area contributed by atoms with Crippen LogP contribution in [0.15, 0.2) is 16.9 Å². The van der Waals surface area contributed by atoms with Gasteiger partial charge in [0.2, 0.25) is 0 Å². The summed E-state index contributed by atoms with van der Waals surface area (Å²) in [6.07, 6.45) is 0.818. The highest BCUT2D eigenvalue weighted by molar-refractivity contribution is 5.92. The van der Waals surface area contributed by atoms with Gasteiger partial charge in [-0.15, -0.1) is 0 Å². The Morgan fingerprint density at radius 3 is 2.78 bits per heavy atom. The van der Waals surface area contributed by atoms with Gasteiger partial charge in [-0.1, -0.05) is 6.92 Å². The predicted octanol–water partition coefficient (Wildman–Crippen LogP) is -0.301. The highest BCUT2D eigenvalue weighted by atomic mass is 16.2. The molecule has 0 unspecified atom stereocenters. The van der Waals surface area contributed by atoms with Crippen LogP contribution >= 0.6 is 0 Å². The van der Waals surface area contributed by atoms with Crippen LogP contribution in [-0.2, 0) is 6.54 Å². The summed E-state index contributed by atoms with van der Waals surface area (Å²) in [5, 5.41) is 7.32. The zero-order valence-electron chi connectivity index (χ0n) is 10.6. The summed E-state index contributed by atoms with van der Waals surface area (Å²) in [6.45, 7) is 5.50. The quantitative estimate of drug-likeness (QED) is 0.799. The molecule has 1 aromatic heterocycles. The second kappa shape index (κ2) is 5.77. The third-order valence-electron chi connectivity index (χ3n) is 2.93. The topological polar surface area (TPSA) is 67.2 Å². The Morgan fingerprint density at radius 1 is 1.39 bits per heavy atom. The van der Waals surface area contributed by atoms with Crippen LogP contribution in [0.5, 0.6) is 0 Å². The molecule has 0 spiro atoms. The molecule has 1 fully saturated rings. The minimum absolute atomic E-state index is 0.0960. The van der Waals surface area contributed by atoms with Gasteiger partial charge in [0.05, 0.1) is 0 Å². The first-order chi connectivity index (χ1) is 8.72. The third kappa shape index (κ3) is 2.76. The minimum Gasteiger partial charge on any atom is -0.335 e. The largest absolute Gasteiger partial charge is 0.335 e. The zero-order chi connectivity index (χ0) is 13.0. The van der Waals surface area contributed by atoms with E-state index in [1.807, 2.05) is 6.92 Å². The zero-order valence-corrected chi connectivity index (χ0v) is 10.6. The fourth-order valence-electron chi connectivity index (χ4n) is 1.96. The van der Waals surface area contributed by atoms with E-state index in [0.29, 0.717) is 25.3 Å². The third-order valence-corrected chi connectivity index (χ3v) is 2.93. The highest BCUT2D eigenvalue weighted by Crippen LogP contribution is 2.01. The van der Waals surface area contributed by atoms with E-state index in [0.717, 1.165) is 19.5 Å². The van der Waals surface area contributed by atoms with Gasteiger partial charge >= 0.3 is 0 Å². The summed E-state index contributed by atoms with van der Waals surface area (Å²) >= 11 is 0. The SMILES string of the molecule is CCCn1nc(C(=O)N2CCNCC2)ccc1=O. The van der Waals surface area contributed by atoms with E-state index in [1.165, 1.54) is 16.8 Å². The van der Waals surface area contributed by atoms with Crippen molar-refractivity contribution in [2.24, 2.45) is 0 Å². The molecular formula is C12H18N4O2. The fourth-order valence-corrected chi connectivity index (χ4v) is 1.96. The van der Waals surface area contributed by atoms with Crippen LogP contribution in [0.4, 0.5) is 0 Å². The monoisotopic (exact) mass is 250 g/mol. The smallest absolute Gasteiger partial charge is 0.274 e. The van der Waals surface area contributed by atoms with Gasteiger partial charge in [-0.3, -0.25) is 9.59 Å². The number of amides is 1. The van der Waals surface area contributed by atoms with Crippen LogP contribution in [-0.4, -0.2) is 46.8 Å².